The summed E-state index contributed by atoms with van der Waals surface area (Å²) in [5.41, 5.74) is 9.42. The Hall–Kier alpha value is -4.37. The van der Waals surface area contributed by atoms with E-state index in [2.05, 4.69) is 30.0 Å². The number of thiazole rings is 1. The van der Waals surface area contributed by atoms with Crippen LogP contribution in [0.25, 0.3) is 0 Å². The molecule has 0 unspecified atom stereocenters. The third kappa shape index (κ3) is 7.77. The minimum atomic E-state index is -5.03. The molecular weight excluding hydrogens is 684 g/mol. The average molecular weight is 723 g/mol. The highest BCUT2D eigenvalue weighted by molar-refractivity contribution is 7.80. The number of rotatable bonds is 13. The summed E-state index contributed by atoms with van der Waals surface area (Å²) in [7, 11) is -5.03. The normalized spacial score (nSPS) is 23.6. The van der Waals surface area contributed by atoms with Crippen molar-refractivity contribution >= 4 is 56.2 Å². The smallest absolute Gasteiger partial charge is 0.418 e. The maximum atomic E-state index is 13.4. The van der Waals surface area contributed by atoms with Crippen LogP contribution in [0.1, 0.15) is 56.9 Å². The van der Waals surface area contributed by atoms with E-state index in [1.807, 2.05) is 6.07 Å². The van der Waals surface area contributed by atoms with Crippen LogP contribution in [0.3, 0.4) is 0 Å². The third-order valence-electron chi connectivity index (χ3n) is 8.75. The molecule has 0 saturated carbocycles. The molecule has 2 fully saturated rings. The number of hydroxylamine groups is 2. The van der Waals surface area contributed by atoms with Crippen LogP contribution in [0.2, 0.25) is 0 Å². The van der Waals surface area contributed by atoms with Gasteiger partial charge in [0.2, 0.25) is 0 Å². The number of amides is 2. The van der Waals surface area contributed by atoms with E-state index in [9.17, 15) is 27.9 Å². The molecule has 1 aromatic heterocycles. The second kappa shape index (κ2) is 13.9. The Bertz CT molecular complexity index is 1790. The molecule has 2 amide bonds. The van der Waals surface area contributed by atoms with Gasteiger partial charge in [0.25, 0.3) is 17.4 Å². The van der Waals surface area contributed by atoms with Crippen molar-refractivity contribution in [1.82, 2.24) is 20.7 Å². The van der Waals surface area contributed by atoms with Gasteiger partial charge < -0.3 is 36.8 Å². The van der Waals surface area contributed by atoms with Gasteiger partial charge in [0.15, 0.2) is 16.9 Å². The molecule has 2 aromatic rings. The van der Waals surface area contributed by atoms with E-state index in [4.69, 9.17) is 25.6 Å². The van der Waals surface area contributed by atoms with E-state index >= 15 is 0 Å². The van der Waals surface area contributed by atoms with Gasteiger partial charge in [0.05, 0.1) is 5.54 Å². The molecule has 3 aliphatic rings. The number of carboxylic acid groups (broad SMARTS) is 1. The fourth-order valence-electron chi connectivity index (χ4n) is 5.75. The van der Waals surface area contributed by atoms with E-state index in [0.717, 1.165) is 48.4 Å². The molecule has 4 atom stereocenters. The molecule has 2 saturated heterocycles. The summed E-state index contributed by atoms with van der Waals surface area (Å²) in [5, 5.41) is 21.7. The van der Waals surface area contributed by atoms with E-state index in [-0.39, 0.29) is 17.2 Å². The number of β-lactam (4-membered cyclic amide) rings is 1. The van der Waals surface area contributed by atoms with Crippen LogP contribution in [0, 0.1) is 5.92 Å². The number of carboxylic acids is 1. The van der Waals surface area contributed by atoms with Gasteiger partial charge in [-0.05, 0) is 89.2 Å². The van der Waals surface area contributed by atoms with Crippen molar-refractivity contribution < 1.29 is 46.3 Å². The second-order valence-electron chi connectivity index (χ2n) is 12.6. The van der Waals surface area contributed by atoms with Gasteiger partial charge in [-0.3, -0.25) is 19.1 Å². The van der Waals surface area contributed by atoms with Gasteiger partial charge in [0, 0.05) is 17.5 Å². The molecule has 4 heterocycles. The molecular formula is C29H38N8O10S2. The monoisotopic (exact) mass is 722 g/mol. The minimum Gasteiger partial charge on any atom is -0.485 e. The topological polar surface area (TPSA) is 270 Å². The number of nitrogens with two attached hydrogens (primary N) is 2. The van der Waals surface area contributed by atoms with Crippen LogP contribution in [0.5, 0.6) is 5.75 Å². The lowest BCUT2D eigenvalue weighted by atomic mass is 9.84. The van der Waals surface area contributed by atoms with Crippen molar-refractivity contribution in [2.45, 2.75) is 69.7 Å². The van der Waals surface area contributed by atoms with Crippen molar-refractivity contribution in [2.75, 3.05) is 25.4 Å². The summed E-state index contributed by atoms with van der Waals surface area (Å²) >= 11 is 0.968. The first-order valence-corrected chi connectivity index (χ1v) is 17.6. The standard InChI is InChI=1S/C29H38N8O10S2/c1-28(2)22(25(39)37(28)47-49(42,43)44)35-24(38)21(18-14-48-27(31)34-18)36-46-29(3,26(40)41)20-7-5-16-12-17(4-6-19(16)45-20)23(30)33-11-9-15-8-10-32-13-15/h4,6,12,14-15,20,22,32H,5,7-11,13H2,1-3H3,(H2,30,33)(H2,31,34)(H,35,38)(H,40,41)(H,42,43,44)/b36-21-/t15-,20+,22+,29-/m0/s1. The zero-order valence-corrected chi connectivity index (χ0v) is 28.5. The molecule has 3 aliphatic heterocycles. The number of fused-ring (bicyclic) bond motifs is 1. The molecule has 0 radical (unpaired) electrons. The van der Waals surface area contributed by atoms with E-state index < -0.39 is 57.2 Å². The maximum absolute atomic E-state index is 13.4. The fraction of sp³-hybridized carbons (Fsp3) is 0.517. The number of aromatic nitrogens is 1. The first-order valence-electron chi connectivity index (χ1n) is 15.3. The van der Waals surface area contributed by atoms with Gasteiger partial charge in [-0.15, -0.1) is 15.6 Å². The molecule has 8 N–H and O–H groups in total. The van der Waals surface area contributed by atoms with Crippen LogP contribution in [-0.2, 0) is 40.3 Å². The van der Waals surface area contributed by atoms with E-state index in [0.29, 0.717) is 35.5 Å². The molecule has 5 rings (SSSR count). The first kappa shape index (κ1) is 35.9. The Morgan fingerprint density at radius 2 is 2.08 bits per heavy atom. The molecule has 0 spiro atoms. The lowest BCUT2D eigenvalue weighted by Crippen LogP contribution is -2.76. The lowest BCUT2D eigenvalue weighted by molar-refractivity contribution is -0.218. The predicted molar refractivity (Wildman–Crippen MR) is 176 cm³/mol. The number of nitrogen functional groups attached to an aromatic ring is 1. The van der Waals surface area contributed by atoms with Crippen molar-refractivity contribution in [3.05, 3.63) is 40.4 Å². The number of ether oxygens (including phenoxy) is 1. The lowest BCUT2D eigenvalue weighted by Gasteiger charge is -2.50. The Labute approximate surface area is 285 Å². The predicted octanol–water partition coefficient (Wildman–Crippen LogP) is 0.228. The summed E-state index contributed by atoms with van der Waals surface area (Å²) in [6.07, 6.45) is 1.64. The van der Waals surface area contributed by atoms with Crippen LogP contribution >= 0.6 is 11.3 Å². The molecule has 1 aromatic carbocycles. The molecule has 20 heteroatoms. The number of hydrogen-bond donors (Lipinski definition) is 6. The van der Waals surface area contributed by atoms with Gasteiger partial charge in [-0.25, -0.2) is 9.78 Å². The largest absolute Gasteiger partial charge is 0.485 e. The molecule has 0 aliphatic carbocycles. The molecule has 266 valence electrons. The zero-order valence-electron chi connectivity index (χ0n) is 26.9. The number of nitrogens with zero attached hydrogens (tertiary/aromatic N) is 4. The number of aliphatic imine (C=N–C) groups is 1. The van der Waals surface area contributed by atoms with Crippen molar-refractivity contribution in [3.63, 3.8) is 0 Å². The summed E-state index contributed by atoms with van der Waals surface area (Å²) in [4.78, 5) is 52.9. The highest BCUT2D eigenvalue weighted by Crippen LogP contribution is 2.35. The summed E-state index contributed by atoms with van der Waals surface area (Å²) in [5.74, 6) is -2.01. The Balaban J connectivity index is 1.32. The minimum absolute atomic E-state index is 0.0626. The van der Waals surface area contributed by atoms with Crippen LogP contribution in [-0.4, -0.2) is 100 Å². The number of anilines is 1. The summed E-state index contributed by atoms with van der Waals surface area (Å²) in [6, 6.07) is 3.96. The van der Waals surface area contributed by atoms with Crippen LogP contribution in [0.4, 0.5) is 5.13 Å². The van der Waals surface area contributed by atoms with E-state index in [1.165, 1.54) is 26.2 Å². The Morgan fingerprint density at radius 1 is 1.33 bits per heavy atom. The van der Waals surface area contributed by atoms with Gasteiger partial charge >= 0.3 is 16.4 Å². The number of carbonyl (C=O) groups excluding carboxylic acids is 2. The highest BCUT2D eigenvalue weighted by Gasteiger charge is 2.58. The average Bonchev–Trinajstić information content (AvgIpc) is 3.73. The molecule has 18 nitrogen and oxygen atoms in total. The van der Waals surface area contributed by atoms with Gasteiger partial charge in [-0.1, -0.05) is 5.16 Å². The van der Waals surface area contributed by atoms with Gasteiger partial charge in [0.1, 0.15) is 23.3 Å². The summed E-state index contributed by atoms with van der Waals surface area (Å²) in [6.45, 7) is 6.62. The van der Waals surface area contributed by atoms with Crippen LogP contribution < -0.4 is 26.8 Å². The van der Waals surface area contributed by atoms with Crippen molar-refractivity contribution in [3.8, 4) is 5.75 Å². The number of carbonyl (C=O) groups is 3. The highest BCUT2D eigenvalue weighted by atomic mass is 32.3. The van der Waals surface area contributed by atoms with Crippen molar-refractivity contribution in [2.24, 2.45) is 21.8 Å². The second-order valence-corrected chi connectivity index (χ2v) is 14.5. The number of hydrogen-bond acceptors (Lipinski definition) is 14. The third-order valence-corrected chi connectivity index (χ3v) is 9.76. The van der Waals surface area contributed by atoms with Crippen molar-refractivity contribution in [1.29, 1.82) is 0 Å². The van der Waals surface area contributed by atoms with Crippen LogP contribution in [0.15, 0.2) is 33.7 Å². The van der Waals surface area contributed by atoms with Gasteiger partial charge in [-0.2, -0.15) is 13.5 Å². The number of benzene rings is 1. The Kier molecular flexibility index (Phi) is 10.2. The number of oxime groups is 1. The quantitative estimate of drug-likeness (QED) is 0.0531. The maximum Gasteiger partial charge on any atom is 0.418 e. The number of aliphatic carboxylic acids is 1. The molecule has 0 bridgehead atoms. The fourth-order valence-corrected chi connectivity index (χ4v) is 6.75. The number of aryl methyl sites for hydroxylation is 1. The number of nitrogens with one attached hydrogen (secondary N) is 2. The summed E-state index contributed by atoms with van der Waals surface area (Å²) < 4.78 is 41.7. The molecule has 49 heavy (non-hydrogen) atoms. The first-order chi connectivity index (χ1) is 23.0. The number of amidine groups is 1. The zero-order chi connectivity index (χ0) is 35.7. The van der Waals surface area contributed by atoms with E-state index in [1.54, 1.807) is 12.1 Å². The SMILES string of the molecule is CC1(C)[C@H](NC(=O)/C(=N\O[C@](C)(C(=O)O)[C@H]2CCc3cc(C(N)=NCC[C@@H]4CCNC4)ccc3O2)c2csc(N)n2)C(=O)N1OS(=O)(=O)O. The Morgan fingerprint density at radius 3 is 2.69 bits per heavy atom.